The van der Waals surface area contributed by atoms with Gasteiger partial charge in [0.25, 0.3) is 5.91 Å². The highest BCUT2D eigenvalue weighted by Crippen LogP contribution is 2.35. The SMILES string of the molecule is Cc1cnc(C(=O)N2CC=C(c3cc(NC(=O)C4CC4)nc4[nH]ccc34)C(C)C2)cn1. The molecular weight excluding hydrogens is 392 g/mol. The van der Waals surface area contributed by atoms with Crippen LogP contribution in [0.2, 0.25) is 0 Å². The molecule has 8 nitrogen and oxygen atoms in total. The van der Waals surface area contributed by atoms with E-state index in [2.05, 4.69) is 38.3 Å². The number of pyridine rings is 1. The molecule has 0 radical (unpaired) electrons. The van der Waals surface area contributed by atoms with E-state index in [4.69, 9.17) is 0 Å². The molecule has 0 spiro atoms. The third-order valence-corrected chi connectivity index (χ3v) is 5.88. The van der Waals surface area contributed by atoms with Crippen molar-refractivity contribution in [2.75, 3.05) is 18.4 Å². The number of aromatic nitrogens is 4. The smallest absolute Gasteiger partial charge is 0.274 e. The Morgan fingerprint density at radius 1 is 1.23 bits per heavy atom. The molecule has 5 rings (SSSR count). The number of carbonyl (C=O) groups is 2. The number of anilines is 1. The number of carbonyl (C=O) groups excluding carboxylic acids is 2. The molecule has 158 valence electrons. The van der Waals surface area contributed by atoms with Gasteiger partial charge in [-0.2, -0.15) is 0 Å². The van der Waals surface area contributed by atoms with Gasteiger partial charge in [0, 0.05) is 36.8 Å². The summed E-state index contributed by atoms with van der Waals surface area (Å²) in [6.07, 6.45) is 8.97. The quantitative estimate of drug-likeness (QED) is 0.680. The lowest BCUT2D eigenvalue weighted by molar-refractivity contribution is -0.117. The second-order valence-electron chi connectivity index (χ2n) is 8.37. The largest absolute Gasteiger partial charge is 0.346 e. The third-order valence-electron chi connectivity index (χ3n) is 5.88. The van der Waals surface area contributed by atoms with Crippen molar-refractivity contribution >= 4 is 34.2 Å². The Morgan fingerprint density at radius 3 is 2.77 bits per heavy atom. The van der Waals surface area contributed by atoms with Gasteiger partial charge in [-0.1, -0.05) is 13.0 Å². The van der Waals surface area contributed by atoms with Crippen molar-refractivity contribution < 1.29 is 9.59 Å². The van der Waals surface area contributed by atoms with E-state index in [1.54, 1.807) is 11.1 Å². The maximum atomic E-state index is 12.8. The van der Waals surface area contributed by atoms with Crippen LogP contribution in [0.3, 0.4) is 0 Å². The summed E-state index contributed by atoms with van der Waals surface area (Å²) in [5.41, 5.74) is 4.06. The topological polar surface area (TPSA) is 104 Å². The average molecular weight is 416 g/mol. The van der Waals surface area contributed by atoms with E-state index in [1.165, 1.54) is 6.20 Å². The molecule has 2 amide bonds. The summed E-state index contributed by atoms with van der Waals surface area (Å²) in [7, 11) is 0. The Morgan fingerprint density at radius 2 is 2.06 bits per heavy atom. The van der Waals surface area contributed by atoms with Gasteiger partial charge in [0.1, 0.15) is 17.2 Å². The van der Waals surface area contributed by atoms with E-state index in [-0.39, 0.29) is 23.7 Å². The number of aromatic amines is 1. The van der Waals surface area contributed by atoms with E-state index < -0.39 is 0 Å². The van der Waals surface area contributed by atoms with Crippen LogP contribution in [0.15, 0.2) is 36.8 Å². The highest BCUT2D eigenvalue weighted by molar-refractivity contribution is 5.98. The van der Waals surface area contributed by atoms with Crippen LogP contribution in [0.1, 0.15) is 41.5 Å². The molecule has 1 aliphatic heterocycles. The molecule has 3 aromatic heterocycles. The summed E-state index contributed by atoms with van der Waals surface area (Å²) in [6.45, 7) is 5.02. The van der Waals surface area contributed by atoms with E-state index >= 15 is 0 Å². The van der Waals surface area contributed by atoms with Gasteiger partial charge in [0.2, 0.25) is 5.91 Å². The summed E-state index contributed by atoms with van der Waals surface area (Å²) in [4.78, 5) is 43.0. The van der Waals surface area contributed by atoms with Crippen molar-refractivity contribution in [1.82, 2.24) is 24.8 Å². The number of nitrogens with one attached hydrogen (secondary N) is 2. The fraction of sp³-hybridized carbons (Fsp3) is 0.348. The Bertz CT molecular complexity index is 1190. The molecule has 1 saturated carbocycles. The summed E-state index contributed by atoms with van der Waals surface area (Å²) in [6, 6.07) is 3.94. The minimum atomic E-state index is -0.117. The molecule has 1 unspecified atom stereocenters. The molecule has 1 atom stereocenters. The fourth-order valence-electron chi connectivity index (χ4n) is 4.03. The highest BCUT2D eigenvalue weighted by atomic mass is 16.2. The first-order valence-electron chi connectivity index (χ1n) is 10.6. The molecule has 2 aliphatic rings. The van der Waals surface area contributed by atoms with E-state index in [9.17, 15) is 9.59 Å². The van der Waals surface area contributed by atoms with Crippen LogP contribution < -0.4 is 5.32 Å². The molecule has 2 N–H and O–H groups in total. The molecule has 3 aromatic rings. The second kappa shape index (κ2) is 7.61. The lowest BCUT2D eigenvalue weighted by Gasteiger charge is -2.31. The number of H-pyrrole nitrogens is 1. The summed E-state index contributed by atoms with van der Waals surface area (Å²) in [5, 5.41) is 3.96. The lowest BCUT2D eigenvalue weighted by atomic mass is 9.89. The van der Waals surface area contributed by atoms with Gasteiger partial charge < -0.3 is 15.2 Å². The molecule has 0 bridgehead atoms. The molecule has 8 heteroatoms. The molecule has 1 fully saturated rings. The van der Waals surface area contributed by atoms with E-state index in [0.29, 0.717) is 24.6 Å². The standard InChI is InChI=1S/C23H24N6O2/c1-13-12-29(23(31)19-11-25-14(2)10-26-19)8-6-16(13)18-9-20(28-22(30)15-3-4-15)27-21-17(18)5-7-24-21/h5-7,9-11,13,15H,3-4,8,12H2,1-2H3,(H2,24,27,28,30). The zero-order valence-electron chi connectivity index (χ0n) is 17.6. The first kappa shape index (κ1) is 19.4. The van der Waals surface area contributed by atoms with Crippen molar-refractivity contribution in [2.24, 2.45) is 11.8 Å². The van der Waals surface area contributed by atoms with Crippen LogP contribution >= 0.6 is 0 Å². The minimum Gasteiger partial charge on any atom is -0.346 e. The number of hydrogen-bond donors (Lipinski definition) is 2. The van der Waals surface area contributed by atoms with Crippen molar-refractivity contribution in [3.05, 3.63) is 53.8 Å². The zero-order chi connectivity index (χ0) is 21.5. The van der Waals surface area contributed by atoms with Gasteiger partial charge in [-0.25, -0.2) is 9.97 Å². The highest BCUT2D eigenvalue weighted by Gasteiger charge is 2.30. The third kappa shape index (κ3) is 3.81. The number of hydrogen-bond acceptors (Lipinski definition) is 5. The van der Waals surface area contributed by atoms with Gasteiger partial charge in [-0.05, 0) is 49.0 Å². The van der Waals surface area contributed by atoms with Crippen molar-refractivity contribution in [1.29, 1.82) is 0 Å². The molecule has 0 aromatic carbocycles. The van der Waals surface area contributed by atoms with Crippen molar-refractivity contribution in [3.63, 3.8) is 0 Å². The molecular formula is C23H24N6O2. The van der Waals surface area contributed by atoms with Crippen LogP contribution in [0.25, 0.3) is 16.6 Å². The molecule has 31 heavy (non-hydrogen) atoms. The first-order valence-corrected chi connectivity index (χ1v) is 10.6. The monoisotopic (exact) mass is 416 g/mol. The lowest BCUT2D eigenvalue weighted by Crippen LogP contribution is -2.38. The Hall–Kier alpha value is -3.55. The van der Waals surface area contributed by atoms with Crippen molar-refractivity contribution in [3.8, 4) is 0 Å². The Labute approximate surface area is 179 Å². The van der Waals surface area contributed by atoms with Gasteiger partial charge in [-0.3, -0.25) is 14.6 Å². The van der Waals surface area contributed by atoms with Crippen LogP contribution in [-0.2, 0) is 4.79 Å². The normalized spacial score (nSPS) is 18.7. The van der Waals surface area contributed by atoms with Crippen LogP contribution in [0.4, 0.5) is 5.82 Å². The number of aryl methyl sites for hydroxylation is 1. The van der Waals surface area contributed by atoms with Crippen LogP contribution in [0, 0.1) is 18.8 Å². The number of fused-ring (bicyclic) bond motifs is 1. The van der Waals surface area contributed by atoms with E-state index in [0.717, 1.165) is 40.7 Å². The second-order valence-corrected chi connectivity index (χ2v) is 8.37. The Kier molecular flexibility index (Phi) is 4.77. The fourth-order valence-corrected chi connectivity index (χ4v) is 4.03. The van der Waals surface area contributed by atoms with Crippen LogP contribution in [-0.4, -0.2) is 49.7 Å². The van der Waals surface area contributed by atoms with Gasteiger partial charge in [-0.15, -0.1) is 0 Å². The van der Waals surface area contributed by atoms with Gasteiger partial charge in [0.05, 0.1) is 11.9 Å². The predicted octanol–water partition coefficient (Wildman–Crippen LogP) is 3.19. The number of nitrogens with zero attached hydrogens (tertiary/aromatic N) is 4. The maximum absolute atomic E-state index is 12.8. The number of rotatable bonds is 4. The summed E-state index contributed by atoms with van der Waals surface area (Å²) < 4.78 is 0. The first-order chi connectivity index (χ1) is 15.0. The summed E-state index contributed by atoms with van der Waals surface area (Å²) >= 11 is 0. The van der Waals surface area contributed by atoms with Crippen LogP contribution in [0.5, 0.6) is 0 Å². The van der Waals surface area contributed by atoms with E-state index in [1.807, 2.05) is 25.3 Å². The predicted molar refractivity (Wildman–Crippen MR) is 117 cm³/mol. The zero-order valence-corrected chi connectivity index (χ0v) is 17.6. The molecule has 1 aliphatic carbocycles. The summed E-state index contributed by atoms with van der Waals surface area (Å²) in [5.74, 6) is 0.702. The minimum absolute atomic E-state index is 0.0333. The van der Waals surface area contributed by atoms with Gasteiger partial charge >= 0.3 is 0 Å². The Balaban J connectivity index is 1.43. The van der Waals surface area contributed by atoms with Crippen molar-refractivity contribution in [2.45, 2.75) is 26.7 Å². The van der Waals surface area contributed by atoms with Gasteiger partial charge in [0.15, 0.2) is 0 Å². The number of amides is 2. The molecule has 0 saturated heterocycles. The maximum Gasteiger partial charge on any atom is 0.274 e. The average Bonchev–Trinajstić information content (AvgIpc) is 3.51. The molecule has 4 heterocycles.